The first-order valence-electron chi connectivity index (χ1n) is 4.32. The van der Waals surface area contributed by atoms with Gasteiger partial charge in [0.25, 0.3) is 0 Å². The van der Waals surface area contributed by atoms with Crippen LogP contribution in [0.4, 0.5) is 0 Å². The number of thiazole rings is 1. The van der Waals surface area contributed by atoms with Crippen molar-refractivity contribution in [2.24, 2.45) is 0 Å². The van der Waals surface area contributed by atoms with Gasteiger partial charge in [-0.25, -0.2) is 4.98 Å². The maximum absolute atomic E-state index is 9.86. The molecule has 1 atom stereocenters. The van der Waals surface area contributed by atoms with E-state index in [2.05, 4.69) is 4.98 Å². The van der Waals surface area contributed by atoms with Crippen molar-refractivity contribution in [1.82, 2.24) is 4.98 Å². The van der Waals surface area contributed by atoms with Gasteiger partial charge in [0.15, 0.2) is 0 Å². The van der Waals surface area contributed by atoms with E-state index in [1.165, 1.54) is 0 Å². The lowest BCUT2D eigenvalue weighted by Crippen LogP contribution is -2.33. The molecule has 13 heavy (non-hydrogen) atoms. The summed E-state index contributed by atoms with van der Waals surface area (Å²) in [6.07, 6.45) is 2.31. The van der Waals surface area contributed by atoms with Crippen LogP contribution >= 0.6 is 11.3 Å². The van der Waals surface area contributed by atoms with Crippen molar-refractivity contribution >= 4 is 11.3 Å². The summed E-state index contributed by atoms with van der Waals surface area (Å²) < 4.78 is 5.17. The Balaban J connectivity index is 2.42. The van der Waals surface area contributed by atoms with Crippen molar-refractivity contribution < 1.29 is 9.84 Å². The first-order chi connectivity index (χ1) is 6.14. The molecule has 0 bridgehead atoms. The largest absolute Gasteiger partial charge is 0.387 e. The van der Waals surface area contributed by atoms with Crippen molar-refractivity contribution in [1.29, 1.82) is 0 Å². The predicted octanol–water partition coefficient (Wildman–Crippen LogP) is 1.47. The predicted molar refractivity (Wildman–Crippen MR) is 52.9 cm³/mol. The van der Waals surface area contributed by atoms with E-state index in [4.69, 9.17) is 4.74 Å². The van der Waals surface area contributed by atoms with Crippen LogP contribution < -0.4 is 0 Å². The third kappa shape index (κ3) is 3.85. The van der Waals surface area contributed by atoms with Gasteiger partial charge in [0.1, 0.15) is 0 Å². The van der Waals surface area contributed by atoms with Crippen molar-refractivity contribution in [3.63, 3.8) is 0 Å². The number of hydrogen-bond acceptors (Lipinski definition) is 4. The molecule has 0 radical (unpaired) electrons. The average molecular weight is 201 g/mol. The minimum atomic E-state index is -0.798. The molecular weight excluding hydrogens is 186 g/mol. The fourth-order valence-corrected chi connectivity index (χ4v) is 1.83. The summed E-state index contributed by atoms with van der Waals surface area (Å²) in [6.45, 7) is 4.68. The van der Waals surface area contributed by atoms with Gasteiger partial charge in [0.2, 0.25) is 0 Å². The van der Waals surface area contributed by atoms with E-state index in [0.717, 1.165) is 5.01 Å². The van der Waals surface area contributed by atoms with Crippen molar-refractivity contribution in [3.05, 3.63) is 16.6 Å². The number of aromatic nitrogens is 1. The lowest BCUT2D eigenvalue weighted by molar-refractivity contribution is -0.0296. The molecule has 0 saturated heterocycles. The highest BCUT2D eigenvalue weighted by atomic mass is 32.1. The first kappa shape index (κ1) is 10.6. The van der Waals surface area contributed by atoms with Crippen molar-refractivity contribution in [2.45, 2.75) is 25.9 Å². The quantitative estimate of drug-likeness (QED) is 0.784. The van der Waals surface area contributed by atoms with Crippen LogP contribution in [-0.4, -0.2) is 28.9 Å². The first-order valence-corrected chi connectivity index (χ1v) is 5.20. The monoisotopic (exact) mass is 201 g/mol. The highest BCUT2D eigenvalue weighted by Gasteiger charge is 2.22. The molecule has 1 rings (SSSR count). The number of rotatable bonds is 5. The Kier molecular flexibility index (Phi) is 3.84. The Hall–Kier alpha value is -0.450. The van der Waals surface area contributed by atoms with Gasteiger partial charge < -0.3 is 9.84 Å². The van der Waals surface area contributed by atoms with Crippen LogP contribution in [-0.2, 0) is 11.2 Å². The second kappa shape index (κ2) is 4.69. The Labute approximate surface area is 82.4 Å². The molecule has 4 heteroatoms. The summed E-state index contributed by atoms with van der Waals surface area (Å²) in [5, 5.41) is 12.7. The molecule has 1 aromatic rings. The van der Waals surface area contributed by atoms with Gasteiger partial charge in [-0.05, 0) is 13.8 Å². The van der Waals surface area contributed by atoms with Crippen LogP contribution in [0, 0.1) is 0 Å². The van der Waals surface area contributed by atoms with Crippen molar-refractivity contribution in [2.75, 3.05) is 13.2 Å². The Morgan fingerprint density at radius 2 is 2.46 bits per heavy atom. The standard InChI is InChI=1S/C9H15NO2S/c1-3-12-7-9(2,11)6-8-10-4-5-13-8/h4-5,11H,3,6-7H2,1-2H3. The van der Waals surface area contributed by atoms with E-state index >= 15 is 0 Å². The van der Waals surface area contributed by atoms with E-state index < -0.39 is 5.60 Å². The molecule has 0 aliphatic heterocycles. The van der Waals surface area contributed by atoms with Gasteiger partial charge in [-0.1, -0.05) is 0 Å². The summed E-state index contributed by atoms with van der Waals surface area (Å²) in [4.78, 5) is 4.11. The smallest absolute Gasteiger partial charge is 0.0954 e. The minimum Gasteiger partial charge on any atom is -0.387 e. The second-order valence-electron chi connectivity index (χ2n) is 3.24. The zero-order valence-corrected chi connectivity index (χ0v) is 8.80. The highest BCUT2D eigenvalue weighted by Crippen LogP contribution is 2.15. The number of aliphatic hydroxyl groups is 1. The van der Waals surface area contributed by atoms with Crippen LogP contribution in [0.15, 0.2) is 11.6 Å². The fourth-order valence-electron chi connectivity index (χ4n) is 1.04. The third-order valence-corrected chi connectivity index (χ3v) is 2.41. The van der Waals surface area contributed by atoms with E-state index in [-0.39, 0.29) is 0 Å². The maximum atomic E-state index is 9.86. The molecule has 0 fully saturated rings. The molecule has 3 nitrogen and oxygen atoms in total. The Bertz CT molecular complexity index is 234. The van der Waals surface area contributed by atoms with Gasteiger partial charge >= 0.3 is 0 Å². The van der Waals surface area contributed by atoms with Gasteiger partial charge in [-0.2, -0.15) is 0 Å². The topological polar surface area (TPSA) is 42.4 Å². The fraction of sp³-hybridized carbons (Fsp3) is 0.667. The van der Waals surface area contributed by atoms with Gasteiger partial charge in [0, 0.05) is 24.6 Å². The molecule has 1 heterocycles. The van der Waals surface area contributed by atoms with Crippen LogP contribution in [0.25, 0.3) is 0 Å². The summed E-state index contributed by atoms with van der Waals surface area (Å²) >= 11 is 1.56. The average Bonchev–Trinajstić information content (AvgIpc) is 2.52. The molecule has 1 unspecified atom stereocenters. The maximum Gasteiger partial charge on any atom is 0.0954 e. The van der Waals surface area contributed by atoms with Gasteiger partial charge in [-0.15, -0.1) is 11.3 Å². The molecule has 0 spiro atoms. The minimum absolute atomic E-state index is 0.364. The zero-order chi connectivity index (χ0) is 9.73. The summed E-state index contributed by atoms with van der Waals surface area (Å²) in [5.74, 6) is 0. The number of hydrogen-bond donors (Lipinski definition) is 1. The van der Waals surface area contributed by atoms with E-state index in [1.807, 2.05) is 12.3 Å². The Morgan fingerprint density at radius 3 is 3.00 bits per heavy atom. The lowest BCUT2D eigenvalue weighted by Gasteiger charge is -2.21. The van der Waals surface area contributed by atoms with Crippen LogP contribution in [0.2, 0.25) is 0 Å². The molecule has 0 saturated carbocycles. The van der Waals surface area contributed by atoms with Crippen LogP contribution in [0.5, 0.6) is 0 Å². The second-order valence-corrected chi connectivity index (χ2v) is 4.22. The van der Waals surface area contributed by atoms with Crippen molar-refractivity contribution in [3.8, 4) is 0 Å². The normalized spacial score (nSPS) is 15.6. The van der Waals surface area contributed by atoms with Gasteiger partial charge in [0.05, 0.1) is 17.2 Å². The number of nitrogens with zero attached hydrogens (tertiary/aromatic N) is 1. The summed E-state index contributed by atoms with van der Waals surface area (Å²) in [5.41, 5.74) is -0.798. The molecule has 1 aromatic heterocycles. The van der Waals surface area contributed by atoms with Crippen LogP contribution in [0.1, 0.15) is 18.9 Å². The summed E-state index contributed by atoms with van der Waals surface area (Å²) in [6, 6.07) is 0. The van der Waals surface area contributed by atoms with Crippen LogP contribution in [0.3, 0.4) is 0 Å². The molecule has 74 valence electrons. The number of ether oxygens (including phenoxy) is 1. The van der Waals surface area contributed by atoms with Gasteiger partial charge in [-0.3, -0.25) is 0 Å². The lowest BCUT2D eigenvalue weighted by atomic mass is 10.1. The Morgan fingerprint density at radius 1 is 1.69 bits per heavy atom. The van der Waals surface area contributed by atoms with E-state index in [9.17, 15) is 5.11 Å². The van der Waals surface area contributed by atoms with E-state index in [0.29, 0.717) is 19.6 Å². The highest BCUT2D eigenvalue weighted by molar-refractivity contribution is 7.09. The molecule has 0 aromatic carbocycles. The molecule has 0 aliphatic rings. The summed E-state index contributed by atoms with van der Waals surface area (Å²) in [7, 11) is 0. The van der Waals surface area contributed by atoms with E-state index in [1.54, 1.807) is 24.5 Å². The SMILES string of the molecule is CCOCC(C)(O)Cc1nccs1. The molecule has 0 aliphatic carbocycles. The molecule has 1 N–H and O–H groups in total. The third-order valence-electron chi connectivity index (χ3n) is 1.63. The molecular formula is C9H15NO2S. The zero-order valence-electron chi connectivity index (χ0n) is 7.99. The molecule has 0 amide bonds.